The molecule has 0 spiro atoms. The Hall–Kier alpha value is -3.85. The second-order valence-corrected chi connectivity index (χ2v) is 9.10. The molecule has 5 rings (SSSR count). The summed E-state index contributed by atoms with van der Waals surface area (Å²) in [5, 5.41) is 15.4. The van der Waals surface area contributed by atoms with E-state index in [0.29, 0.717) is 10.8 Å². The average molecular weight is 472 g/mol. The lowest BCUT2D eigenvalue weighted by molar-refractivity contribution is -0.116. The van der Waals surface area contributed by atoms with Crippen molar-refractivity contribution in [1.29, 1.82) is 0 Å². The van der Waals surface area contributed by atoms with Crippen molar-refractivity contribution in [2.24, 2.45) is 0 Å². The molecule has 0 saturated heterocycles. The predicted molar refractivity (Wildman–Crippen MR) is 135 cm³/mol. The second-order valence-electron chi connectivity index (χ2n) is 8.24. The fourth-order valence-electron chi connectivity index (χ4n) is 4.13. The first-order valence-corrected chi connectivity index (χ1v) is 12.0. The molecule has 8 nitrogen and oxygen atoms in total. The Kier molecular flexibility index (Phi) is 5.70. The van der Waals surface area contributed by atoms with Gasteiger partial charge in [-0.1, -0.05) is 29.8 Å². The Morgan fingerprint density at radius 1 is 1.09 bits per heavy atom. The molecule has 1 amide bonds. The van der Waals surface area contributed by atoms with E-state index in [9.17, 15) is 4.79 Å². The van der Waals surface area contributed by atoms with Crippen molar-refractivity contribution in [3.63, 3.8) is 0 Å². The Bertz CT molecular complexity index is 1510. The number of hydrogen-bond acceptors (Lipinski definition) is 6. The van der Waals surface area contributed by atoms with E-state index in [1.54, 1.807) is 10.9 Å². The van der Waals surface area contributed by atoms with Gasteiger partial charge in [-0.15, -0.1) is 11.3 Å². The molecule has 0 saturated carbocycles. The number of carbonyl (C=O) groups excluding carboxylic acids is 1. The number of aryl methyl sites for hydroxylation is 4. The first kappa shape index (κ1) is 22.0. The molecule has 0 fully saturated rings. The number of hydrogen-bond donors (Lipinski definition) is 1. The maximum absolute atomic E-state index is 12.8. The van der Waals surface area contributed by atoms with Gasteiger partial charge in [-0.05, 0) is 44.9 Å². The summed E-state index contributed by atoms with van der Waals surface area (Å²) in [6.07, 6.45) is 3.74. The summed E-state index contributed by atoms with van der Waals surface area (Å²) in [5.41, 5.74) is 7.58. The summed E-state index contributed by atoms with van der Waals surface area (Å²) in [7, 11) is 0. The fourth-order valence-corrected chi connectivity index (χ4v) is 4.85. The third-order valence-corrected chi connectivity index (χ3v) is 6.48. The number of anilines is 1. The highest BCUT2D eigenvalue weighted by molar-refractivity contribution is 7.14. The Morgan fingerprint density at radius 2 is 1.94 bits per heavy atom. The van der Waals surface area contributed by atoms with Crippen LogP contribution in [0.3, 0.4) is 0 Å². The van der Waals surface area contributed by atoms with Crippen molar-refractivity contribution >= 4 is 33.4 Å². The quantitative estimate of drug-likeness (QED) is 0.376. The summed E-state index contributed by atoms with van der Waals surface area (Å²) in [5.74, 6) is -0.200. The average Bonchev–Trinajstić information content (AvgIpc) is 3.51. The maximum atomic E-state index is 12.8. The molecule has 0 atom stereocenters. The van der Waals surface area contributed by atoms with E-state index in [2.05, 4.69) is 50.6 Å². The molecule has 0 radical (unpaired) electrons. The number of rotatable bonds is 6. The number of carbonyl (C=O) groups is 1. The van der Waals surface area contributed by atoms with Crippen molar-refractivity contribution in [3.05, 3.63) is 65.1 Å². The summed E-state index contributed by atoms with van der Waals surface area (Å²) in [6, 6.07) is 10.3. The first-order chi connectivity index (χ1) is 16.4. The molecule has 0 aliphatic heterocycles. The molecular formula is C25H25N7OS. The van der Waals surface area contributed by atoms with Crippen LogP contribution in [0.25, 0.3) is 33.4 Å². The zero-order valence-electron chi connectivity index (χ0n) is 19.5. The SMILES string of the molecule is CCn1cc(-c2csc(NC(=O)Cn3nc(C)c4c(-c5cccc(C)c5)ccnc43)n2)c(C)n1. The molecule has 34 heavy (non-hydrogen) atoms. The van der Waals surface area contributed by atoms with Crippen LogP contribution in [0, 0.1) is 20.8 Å². The van der Waals surface area contributed by atoms with Gasteiger partial charge in [-0.3, -0.25) is 9.48 Å². The minimum absolute atomic E-state index is 0.0519. The number of amides is 1. The molecule has 0 unspecified atom stereocenters. The van der Waals surface area contributed by atoms with Crippen LogP contribution >= 0.6 is 11.3 Å². The molecule has 0 aliphatic rings. The van der Waals surface area contributed by atoms with Crippen LogP contribution in [-0.2, 0) is 17.9 Å². The number of nitrogens with zero attached hydrogens (tertiary/aromatic N) is 6. The van der Waals surface area contributed by atoms with Gasteiger partial charge < -0.3 is 5.32 Å². The number of thiazole rings is 1. The third kappa shape index (κ3) is 4.10. The first-order valence-electron chi connectivity index (χ1n) is 11.1. The smallest absolute Gasteiger partial charge is 0.247 e. The molecular weight excluding hydrogens is 446 g/mol. The Balaban J connectivity index is 1.38. The van der Waals surface area contributed by atoms with E-state index >= 15 is 0 Å². The van der Waals surface area contributed by atoms with Crippen LogP contribution in [0.15, 0.2) is 48.1 Å². The zero-order chi connectivity index (χ0) is 23.8. The highest BCUT2D eigenvalue weighted by atomic mass is 32.1. The van der Waals surface area contributed by atoms with Gasteiger partial charge in [-0.25, -0.2) is 14.6 Å². The summed E-state index contributed by atoms with van der Waals surface area (Å²) in [6.45, 7) is 8.87. The lowest BCUT2D eigenvalue weighted by Gasteiger charge is -2.06. The zero-order valence-corrected chi connectivity index (χ0v) is 20.3. The van der Waals surface area contributed by atoms with Gasteiger partial charge in [-0.2, -0.15) is 10.2 Å². The van der Waals surface area contributed by atoms with Crippen LogP contribution in [0.2, 0.25) is 0 Å². The van der Waals surface area contributed by atoms with Crippen LogP contribution in [0.1, 0.15) is 23.9 Å². The highest BCUT2D eigenvalue weighted by Gasteiger charge is 2.17. The van der Waals surface area contributed by atoms with Crippen molar-refractivity contribution in [2.45, 2.75) is 40.8 Å². The number of benzene rings is 1. The lowest BCUT2D eigenvalue weighted by atomic mass is 10.0. The van der Waals surface area contributed by atoms with Crippen molar-refractivity contribution < 1.29 is 4.79 Å². The second kappa shape index (κ2) is 8.83. The molecule has 5 aromatic rings. The van der Waals surface area contributed by atoms with Gasteiger partial charge in [0, 0.05) is 35.3 Å². The molecule has 4 heterocycles. The topological polar surface area (TPSA) is 90.5 Å². The van der Waals surface area contributed by atoms with Gasteiger partial charge in [0.2, 0.25) is 5.91 Å². The van der Waals surface area contributed by atoms with Gasteiger partial charge in [0.15, 0.2) is 10.8 Å². The number of fused-ring (bicyclic) bond motifs is 1. The largest absolute Gasteiger partial charge is 0.300 e. The van der Waals surface area contributed by atoms with E-state index in [1.165, 1.54) is 16.9 Å². The van der Waals surface area contributed by atoms with Gasteiger partial charge in [0.1, 0.15) is 6.54 Å². The van der Waals surface area contributed by atoms with Gasteiger partial charge in [0.25, 0.3) is 0 Å². The van der Waals surface area contributed by atoms with Crippen molar-refractivity contribution in [1.82, 2.24) is 29.5 Å². The van der Waals surface area contributed by atoms with E-state index in [1.807, 2.05) is 49.2 Å². The van der Waals surface area contributed by atoms with Gasteiger partial charge >= 0.3 is 0 Å². The van der Waals surface area contributed by atoms with E-state index in [-0.39, 0.29) is 12.5 Å². The molecule has 172 valence electrons. The minimum atomic E-state index is -0.200. The van der Waals surface area contributed by atoms with Crippen LogP contribution in [0.5, 0.6) is 0 Å². The minimum Gasteiger partial charge on any atom is -0.300 e. The predicted octanol–water partition coefficient (Wildman–Crippen LogP) is 5.00. The standard InChI is InChI=1S/C25H25N7OS/c1-5-31-12-20(16(3)29-31)21-14-34-25(27-21)28-22(33)13-32-24-23(17(4)30-32)19(9-10-26-24)18-8-6-7-15(2)11-18/h6-12,14H,5,13H2,1-4H3,(H,27,28,33). The molecule has 0 aliphatic carbocycles. The normalized spacial score (nSPS) is 11.3. The molecule has 0 bridgehead atoms. The molecule has 4 aromatic heterocycles. The summed E-state index contributed by atoms with van der Waals surface area (Å²) >= 11 is 1.39. The maximum Gasteiger partial charge on any atom is 0.247 e. The van der Waals surface area contributed by atoms with E-state index in [4.69, 9.17) is 0 Å². The summed E-state index contributed by atoms with van der Waals surface area (Å²) in [4.78, 5) is 22.0. The Morgan fingerprint density at radius 3 is 2.71 bits per heavy atom. The van der Waals surface area contributed by atoms with Crippen LogP contribution in [0.4, 0.5) is 5.13 Å². The number of aromatic nitrogens is 6. The highest BCUT2D eigenvalue weighted by Crippen LogP contribution is 2.31. The monoisotopic (exact) mass is 471 g/mol. The fraction of sp³-hybridized carbons (Fsp3) is 0.240. The van der Waals surface area contributed by atoms with E-state index < -0.39 is 0 Å². The lowest BCUT2D eigenvalue weighted by Crippen LogP contribution is -2.19. The Labute approximate surface area is 201 Å². The summed E-state index contributed by atoms with van der Waals surface area (Å²) < 4.78 is 3.54. The molecule has 1 aromatic carbocycles. The van der Waals surface area contributed by atoms with Crippen LogP contribution < -0.4 is 5.32 Å². The van der Waals surface area contributed by atoms with Gasteiger partial charge in [0.05, 0.1) is 17.1 Å². The number of nitrogens with one attached hydrogen (secondary N) is 1. The third-order valence-electron chi connectivity index (χ3n) is 5.73. The molecule has 9 heteroatoms. The van der Waals surface area contributed by atoms with Crippen LogP contribution in [-0.4, -0.2) is 35.4 Å². The number of pyridine rings is 1. The molecule has 1 N–H and O–H groups in total. The van der Waals surface area contributed by atoms with E-state index in [0.717, 1.165) is 45.7 Å². The van der Waals surface area contributed by atoms with Crippen molar-refractivity contribution in [2.75, 3.05) is 5.32 Å². The van der Waals surface area contributed by atoms with Crippen molar-refractivity contribution in [3.8, 4) is 22.4 Å².